The van der Waals surface area contributed by atoms with Gasteiger partial charge in [-0.3, -0.25) is 14.4 Å². The van der Waals surface area contributed by atoms with E-state index in [0.29, 0.717) is 0 Å². The second-order valence-corrected chi connectivity index (χ2v) is 8.10. The van der Waals surface area contributed by atoms with Crippen molar-refractivity contribution in [3.63, 3.8) is 0 Å². The number of allylic oxidation sites excluding steroid dienone is 1. The number of ketones is 3. The van der Waals surface area contributed by atoms with Crippen LogP contribution in [0.25, 0.3) is 0 Å². The summed E-state index contributed by atoms with van der Waals surface area (Å²) >= 11 is 0. The van der Waals surface area contributed by atoms with Gasteiger partial charge < -0.3 is 0 Å². The van der Waals surface area contributed by atoms with E-state index in [2.05, 4.69) is 0 Å². The van der Waals surface area contributed by atoms with Crippen LogP contribution in [0.1, 0.15) is 67.4 Å². The molecule has 6 unspecified atom stereocenters. The van der Waals surface area contributed by atoms with Crippen LogP contribution in [0.5, 0.6) is 0 Å². The fraction of sp³-hybridized carbons (Fsp3) is 0.750. The summed E-state index contributed by atoms with van der Waals surface area (Å²) in [5.41, 5.74) is -2.39. The molecule has 23 heavy (non-hydrogen) atoms. The Balaban J connectivity index is 1.92. The van der Waals surface area contributed by atoms with E-state index in [1.807, 2.05) is 0 Å². The smallest absolute Gasteiger partial charge is 0.155 e. The average Bonchev–Trinajstić information content (AvgIpc) is 2.71. The first kappa shape index (κ1) is 9.90. The van der Waals surface area contributed by atoms with Gasteiger partial charge in [-0.25, -0.2) is 0 Å². The molecular weight excluding hydrogens is 288 g/mol. The van der Waals surface area contributed by atoms with Crippen molar-refractivity contribution in [1.82, 2.24) is 0 Å². The molecular formula is C20H26O3. The Morgan fingerprint density at radius 2 is 2.00 bits per heavy atom. The van der Waals surface area contributed by atoms with E-state index in [1.165, 1.54) is 0 Å². The Morgan fingerprint density at radius 3 is 2.74 bits per heavy atom. The van der Waals surface area contributed by atoms with Crippen LogP contribution in [0.2, 0.25) is 0 Å². The number of Topliss-reactive ketones (excluding diaryl/α,β-unsaturated/α-hetero) is 2. The highest BCUT2D eigenvalue weighted by molar-refractivity contribution is 5.97. The van der Waals surface area contributed by atoms with Crippen molar-refractivity contribution in [2.24, 2.45) is 34.5 Å². The number of hydrogen-bond donors (Lipinski definition) is 0. The average molecular weight is 320 g/mol. The molecule has 3 saturated carbocycles. The van der Waals surface area contributed by atoms with Gasteiger partial charge in [-0.2, -0.15) is 0 Å². The van der Waals surface area contributed by atoms with Gasteiger partial charge in [0.05, 0.1) is 1.37 Å². The highest BCUT2D eigenvalue weighted by Gasteiger charge is 2.63. The van der Waals surface area contributed by atoms with E-state index in [-0.39, 0.29) is 48.7 Å². The highest BCUT2D eigenvalue weighted by Crippen LogP contribution is 2.63. The molecule has 4 aliphatic carbocycles. The molecule has 4 rings (SSSR count). The van der Waals surface area contributed by atoms with Crippen molar-refractivity contribution in [1.29, 1.82) is 0 Å². The zero-order valence-corrected chi connectivity index (χ0v) is 13.8. The van der Waals surface area contributed by atoms with Gasteiger partial charge in [-0.1, -0.05) is 26.3 Å². The number of fused-ring (bicyclic) bond motifs is 5. The normalized spacial score (nSPS) is 61.2. The summed E-state index contributed by atoms with van der Waals surface area (Å²) in [5, 5.41) is 0. The van der Waals surface area contributed by atoms with E-state index < -0.39 is 53.1 Å². The second kappa shape index (κ2) is 4.64. The van der Waals surface area contributed by atoms with Gasteiger partial charge in [0, 0.05) is 36.9 Å². The fourth-order valence-corrected chi connectivity index (χ4v) is 5.55. The Kier molecular flexibility index (Phi) is 2.00. The number of carbonyl (C=O) groups is 3. The fourth-order valence-electron chi connectivity index (χ4n) is 5.55. The zero-order chi connectivity index (χ0) is 21.9. The molecule has 3 nitrogen and oxygen atoms in total. The van der Waals surface area contributed by atoms with Crippen LogP contribution in [0.3, 0.4) is 0 Å². The van der Waals surface area contributed by atoms with Crippen LogP contribution in [0.15, 0.2) is 11.6 Å². The molecule has 4 aliphatic rings. The number of carbonyl (C=O) groups excluding carboxylic acids is 3. The maximum Gasteiger partial charge on any atom is 0.155 e. The van der Waals surface area contributed by atoms with Crippen LogP contribution in [-0.2, 0) is 14.4 Å². The maximum atomic E-state index is 13.4. The molecule has 0 spiro atoms. The minimum absolute atomic E-state index is 0.0533. The zero-order valence-electron chi connectivity index (χ0n) is 19.8. The van der Waals surface area contributed by atoms with Crippen molar-refractivity contribution in [3.8, 4) is 0 Å². The Morgan fingerprint density at radius 1 is 1.26 bits per heavy atom. The van der Waals surface area contributed by atoms with Crippen molar-refractivity contribution in [3.05, 3.63) is 11.6 Å². The van der Waals surface area contributed by atoms with Gasteiger partial charge in [0.15, 0.2) is 5.78 Å². The van der Waals surface area contributed by atoms with Crippen molar-refractivity contribution in [2.75, 3.05) is 0 Å². The molecule has 0 heterocycles. The topological polar surface area (TPSA) is 51.2 Å². The SMILES string of the molecule is [2H]C1=C2C([2H])([2H])CC3C4CC([2H])(C)C(=O)C4(C)CC(=O)C3C2(C)CC([2H])([2H])C1=O. The Bertz CT molecular complexity index is 891. The lowest BCUT2D eigenvalue weighted by Crippen LogP contribution is -2.55. The largest absolute Gasteiger partial charge is 0.299 e. The van der Waals surface area contributed by atoms with Crippen molar-refractivity contribution < 1.29 is 22.6 Å². The standard InChI is InChI=1S/C20H26O3/c1-11-8-15-14-5-4-12-9-13(21)6-7-19(12,2)17(14)16(22)10-20(15,3)18(11)23/h9,11,14-15,17H,4-8,10H2,1-3H3/i4D2,6D2,9D,11D. The summed E-state index contributed by atoms with van der Waals surface area (Å²) in [7, 11) is 0. The van der Waals surface area contributed by atoms with E-state index >= 15 is 0 Å². The van der Waals surface area contributed by atoms with Crippen molar-refractivity contribution >= 4 is 17.3 Å². The molecule has 0 aromatic rings. The summed E-state index contributed by atoms with van der Waals surface area (Å²) in [4.78, 5) is 38.7. The van der Waals surface area contributed by atoms with E-state index in [9.17, 15) is 14.4 Å². The molecule has 6 atom stereocenters. The minimum atomic E-state index is -2.34. The third kappa shape index (κ3) is 1.85. The summed E-state index contributed by atoms with van der Waals surface area (Å²) in [5.74, 6) is -4.54. The second-order valence-electron chi connectivity index (χ2n) is 8.10. The third-order valence-corrected chi connectivity index (χ3v) is 6.71. The highest BCUT2D eigenvalue weighted by atomic mass is 16.1. The van der Waals surface area contributed by atoms with E-state index in [1.54, 1.807) is 20.8 Å². The van der Waals surface area contributed by atoms with E-state index in [0.717, 1.165) is 0 Å². The molecule has 0 aromatic carbocycles. The molecule has 3 fully saturated rings. The summed E-state index contributed by atoms with van der Waals surface area (Å²) in [6, 6.07) is -0.652. The molecule has 124 valence electrons. The molecule has 0 aromatic heterocycles. The lowest BCUT2D eigenvalue weighted by molar-refractivity contribution is -0.150. The van der Waals surface area contributed by atoms with Crippen LogP contribution < -0.4 is 0 Å². The lowest BCUT2D eigenvalue weighted by Gasteiger charge is -2.55. The van der Waals surface area contributed by atoms with Crippen LogP contribution in [0.4, 0.5) is 0 Å². The third-order valence-electron chi connectivity index (χ3n) is 6.71. The summed E-state index contributed by atoms with van der Waals surface area (Å²) < 4.78 is 50.3. The van der Waals surface area contributed by atoms with Gasteiger partial charge in [0.1, 0.15) is 11.6 Å². The van der Waals surface area contributed by atoms with Gasteiger partial charge in [0.2, 0.25) is 0 Å². The summed E-state index contributed by atoms with van der Waals surface area (Å²) in [6.45, 7) is 4.85. The van der Waals surface area contributed by atoms with Crippen molar-refractivity contribution in [2.45, 2.75) is 59.2 Å². The minimum Gasteiger partial charge on any atom is -0.299 e. The maximum absolute atomic E-state index is 13.4. The first-order chi connectivity index (χ1) is 13.0. The van der Waals surface area contributed by atoms with Crippen LogP contribution in [0, 0.1) is 34.5 Å². The van der Waals surface area contributed by atoms with Crippen LogP contribution in [-0.4, -0.2) is 17.3 Å². The molecule has 3 heteroatoms. The Labute approximate surface area is 146 Å². The van der Waals surface area contributed by atoms with Gasteiger partial charge in [0.25, 0.3) is 0 Å². The van der Waals surface area contributed by atoms with E-state index in [4.69, 9.17) is 8.22 Å². The molecule has 0 bridgehead atoms. The molecule has 0 amide bonds. The number of rotatable bonds is 0. The van der Waals surface area contributed by atoms with Crippen LogP contribution >= 0.6 is 0 Å². The monoisotopic (exact) mass is 320 g/mol. The molecule has 0 N–H and O–H groups in total. The predicted octanol–water partition coefficient (Wildman–Crippen LogP) is 3.51. The number of hydrogen-bond acceptors (Lipinski definition) is 3. The quantitative estimate of drug-likeness (QED) is 0.686. The van der Waals surface area contributed by atoms with Gasteiger partial charge in [-0.15, -0.1) is 0 Å². The first-order valence-corrected chi connectivity index (χ1v) is 8.33. The van der Waals surface area contributed by atoms with Gasteiger partial charge in [-0.05, 0) is 48.9 Å². The molecule has 0 radical (unpaired) electrons. The molecule has 0 saturated heterocycles. The van der Waals surface area contributed by atoms with Gasteiger partial charge >= 0.3 is 0 Å². The lowest BCUT2D eigenvalue weighted by atomic mass is 9.47. The first-order valence-electron chi connectivity index (χ1n) is 11.3. The Hall–Kier alpha value is -1.25. The predicted molar refractivity (Wildman–Crippen MR) is 86.7 cm³/mol. The summed E-state index contributed by atoms with van der Waals surface area (Å²) in [6.07, 6.45) is -4.66. The molecule has 0 aliphatic heterocycles.